The standard InChI is InChI=1S/C16H17ClN4O2/c1-21(2)15-13(10-18-16(20-15)23-3)19-14(22)9-8-11-6-4-5-7-12(11)17/h4-10H,1-3H3,(H,19,22)/b9-8+. The molecule has 7 heteroatoms. The minimum absolute atomic E-state index is 0.235. The first-order valence-corrected chi connectivity index (χ1v) is 7.21. The molecule has 2 aromatic rings. The van der Waals surface area contributed by atoms with Crippen molar-refractivity contribution in [3.05, 3.63) is 47.1 Å². The average Bonchev–Trinajstić information content (AvgIpc) is 2.54. The highest BCUT2D eigenvalue weighted by Crippen LogP contribution is 2.23. The molecule has 0 aliphatic carbocycles. The first-order valence-electron chi connectivity index (χ1n) is 6.83. The molecule has 23 heavy (non-hydrogen) atoms. The third-order valence-corrected chi connectivity index (χ3v) is 3.27. The molecule has 0 atom stereocenters. The van der Waals surface area contributed by atoms with Crippen LogP contribution in [0.1, 0.15) is 5.56 Å². The molecule has 1 amide bonds. The monoisotopic (exact) mass is 332 g/mol. The number of nitrogens with zero attached hydrogens (tertiary/aromatic N) is 3. The lowest BCUT2D eigenvalue weighted by molar-refractivity contribution is -0.111. The van der Waals surface area contributed by atoms with Gasteiger partial charge in [-0.2, -0.15) is 4.98 Å². The Labute approximate surface area is 139 Å². The van der Waals surface area contributed by atoms with E-state index in [0.717, 1.165) is 5.56 Å². The molecule has 1 heterocycles. The van der Waals surface area contributed by atoms with Crippen molar-refractivity contribution < 1.29 is 9.53 Å². The summed E-state index contributed by atoms with van der Waals surface area (Å²) in [6, 6.07) is 7.51. The van der Waals surface area contributed by atoms with Gasteiger partial charge in [0.2, 0.25) is 5.91 Å². The van der Waals surface area contributed by atoms with E-state index < -0.39 is 0 Å². The largest absolute Gasteiger partial charge is 0.467 e. The molecule has 0 saturated heterocycles. The van der Waals surface area contributed by atoms with Crippen molar-refractivity contribution in [1.82, 2.24) is 9.97 Å². The summed E-state index contributed by atoms with van der Waals surface area (Å²) in [5, 5.41) is 3.32. The smallest absolute Gasteiger partial charge is 0.318 e. The number of hydrogen-bond acceptors (Lipinski definition) is 5. The number of anilines is 2. The Balaban J connectivity index is 2.16. The van der Waals surface area contributed by atoms with Gasteiger partial charge in [0, 0.05) is 25.2 Å². The lowest BCUT2D eigenvalue weighted by Gasteiger charge is -2.16. The van der Waals surface area contributed by atoms with Gasteiger partial charge in [0.15, 0.2) is 5.82 Å². The number of halogens is 1. The summed E-state index contributed by atoms with van der Waals surface area (Å²) in [5.41, 5.74) is 1.26. The second-order valence-electron chi connectivity index (χ2n) is 4.83. The minimum Gasteiger partial charge on any atom is -0.467 e. The van der Waals surface area contributed by atoms with Gasteiger partial charge < -0.3 is 15.0 Å². The molecule has 0 aliphatic heterocycles. The maximum atomic E-state index is 12.1. The average molecular weight is 333 g/mol. The lowest BCUT2D eigenvalue weighted by Crippen LogP contribution is -2.17. The van der Waals surface area contributed by atoms with Crippen LogP contribution < -0.4 is 15.0 Å². The molecular formula is C16H17ClN4O2. The zero-order chi connectivity index (χ0) is 16.8. The molecular weight excluding hydrogens is 316 g/mol. The number of ether oxygens (including phenoxy) is 1. The molecule has 1 aromatic heterocycles. The number of nitrogens with one attached hydrogen (secondary N) is 1. The van der Waals surface area contributed by atoms with Crippen molar-refractivity contribution in [2.75, 3.05) is 31.4 Å². The fourth-order valence-electron chi connectivity index (χ4n) is 1.83. The fraction of sp³-hybridized carbons (Fsp3) is 0.188. The van der Waals surface area contributed by atoms with Crippen molar-refractivity contribution in [2.45, 2.75) is 0 Å². The Morgan fingerprint density at radius 3 is 2.74 bits per heavy atom. The van der Waals surface area contributed by atoms with Crippen LogP contribution in [-0.2, 0) is 4.79 Å². The topological polar surface area (TPSA) is 67.3 Å². The number of amides is 1. The lowest BCUT2D eigenvalue weighted by atomic mass is 10.2. The number of carbonyl (C=O) groups excluding carboxylic acids is 1. The molecule has 2 rings (SSSR count). The van der Waals surface area contributed by atoms with E-state index in [1.807, 2.05) is 32.3 Å². The summed E-state index contributed by atoms with van der Waals surface area (Å²) < 4.78 is 4.99. The molecule has 0 spiro atoms. The molecule has 0 fully saturated rings. The van der Waals surface area contributed by atoms with Gasteiger partial charge in [-0.05, 0) is 17.7 Å². The van der Waals surface area contributed by atoms with E-state index >= 15 is 0 Å². The first-order chi connectivity index (χ1) is 11.0. The van der Waals surface area contributed by atoms with E-state index in [-0.39, 0.29) is 11.9 Å². The Morgan fingerprint density at radius 1 is 1.35 bits per heavy atom. The predicted molar refractivity (Wildman–Crippen MR) is 92.0 cm³/mol. The van der Waals surface area contributed by atoms with Crippen molar-refractivity contribution in [1.29, 1.82) is 0 Å². The quantitative estimate of drug-likeness (QED) is 0.853. The second kappa shape index (κ2) is 7.60. The van der Waals surface area contributed by atoms with E-state index in [9.17, 15) is 4.79 Å². The number of carbonyl (C=O) groups is 1. The summed E-state index contributed by atoms with van der Waals surface area (Å²) in [6.07, 6.45) is 4.56. The Hall–Kier alpha value is -2.60. The number of benzene rings is 1. The van der Waals surface area contributed by atoms with E-state index in [1.165, 1.54) is 19.4 Å². The van der Waals surface area contributed by atoms with Crippen molar-refractivity contribution in [3.63, 3.8) is 0 Å². The molecule has 0 radical (unpaired) electrons. The normalized spacial score (nSPS) is 10.6. The number of aromatic nitrogens is 2. The fourth-order valence-corrected chi connectivity index (χ4v) is 2.03. The Bertz CT molecular complexity index is 732. The minimum atomic E-state index is -0.304. The second-order valence-corrected chi connectivity index (χ2v) is 5.24. The van der Waals surface area contributed by atoms with Crippen molar-refractivity contribution in [2.24, 2.45) is 0 Å². The van der Waals surface area contributed by atoms with Crippen LogP contribution in [-0.4, -0.2) is 37.1 Å². The van der Waals surface area contributed by atoms with Gasteiger partial charge in [0.05, 0.1) is 13.3 Å². The Kier molecular flexibility index (Phi) is 5.54. The SMILES string of the molecule is COc1ncc(NC(=O)/C=C/c2ccccc2Cl)c(N(C)C)n1. The third-order valence-electron chi connectivity index (χ3n) is 2.93. The summed E-state index contributed by atoms with van der Waals surface area (Å²) in [5.74, 6) is 0.248. The highest BCUT2D eigenvalue weighted by molar-refractivity contribution is 6.32. The molecule has 0 aliphatic rings. The van der Waals surface area contributed by atoms with E-state index in [0.29, 0.717) is 16.5 Å². The maximum absolute atomic E-state index is 12.1. The van der Waals surface area contributed by atoms with Crippen LogP contribution in [0.3, 0.4) is 0 Å². The van der Waals surface area contributed by atoms with Crippen LogP contribution in [0.4, 0.5) is 11.5 Å². The summed E-state index contributed by atoms with van der Waals surface area (Å²) >= 11 is 6.04. The van der Waals surface area contributed by atoms with Crippen LogP contribution >= 0.6 is 11.6 Å². The molecule has 120 valence electrons. The van der Waals surface area contributed by atoms with Gasteiger partial charge >= 0.3 is 6.01 Å². The highest BCUT2D eigenvalue weighted by atomic mass is 35.5. The van der Waals surface area contributed by atoms with Crippen LogP contribution in [0.15, 0.2) is 36.5 Å². The Morgan fingerprint density at radius 2 is 2.09 bits per heavy atom. The van der Waals surface area contributed by atoms with Crippen molar-refractivity contribution >= 4 is 35.1 Å². The van der Waals surface area contributed by atoms with Gasteiger partial charge in [-0.1, -0.05) is 29.8 Å². The predicted octanol–water partition coefficient (Wildman–Crippen LogP) is 2.86. The van der Waals surface area contributed by atoms with Crippen LogP contribution in [0.25, 0.3) is 6.08 Å². The number of rotatable bonds is 5. The zero-order valence-corrected chi connectivity index (χ0v) is 13.8. The third kappa shape index (κ3) is 4.43. The highest BCUT2D eigenvalue weighted by Gasteiger charge is 2.11. The van der Waals surface area contributed by atoms with Crippen molar-refractivity contribution in [3.8, 4) is 6.01 Å². The van der Waals surface area contributed by atoms with E-state index in [2.05, 4.69) is 15.3 Å². The molecule has 0 saturated carbocycles. The van der Waals surface area contributed by atoms with Gasteiger partial charge in [-0.25, -0.2) is 4.98 Å². The summed E-state index contributed by atoms with van der Waals surface area (Å²) in [6.45, 7) is 0. The zero-order valence-electron chi connectivity index (χ0n) is 13.1. The van der Waals surface area contributed by atoms with E-state index in [4.69, 9.17) is 16.3 Å². The summed E-state index contributed by atoms with van der Waals surface area (Å²) in [7, 11) is 5.12. The number of hydrogen-bond donors (Lipinski definition) is 1. The van der Waals surface area contributed by atoms with Gasteiger partial charge in [-0.15, -0.1) is 0 Å². The molecule has 1 N–H and O–H groups in total. The van der Waals surface area contributed by atoms with Gasteiger partial charge in [-0.3, -0.25) is 4.79 Å². The molecule has 6 nitrogen and oxygen atoms in total. The molecule has 0 bridgehead atoms. The number of methoxy groups -OCH3 is 1. The maximum Gasteiger partial charge on any atom is 0.318 e. The van der Waals surface area contributed by atoms with Crippen LogP contribution in [0.5, 0.6) is 6.01 Å². The molecule has 1 aromatic carbocycles. The molecule has 0 unspecified atom stereocenters. The van der Waals surface area contributed by atoms with Gasteiger partial charge in [0.1, 0.15) is 5.69 Å². The van der Waals surface area contributed by atoms with Gasteiger partial charge in [0.25, 0.3) is 0 Å². The first kappa shape index (κ1) is 16.8. The van der Waals surface area contributed by atoms with E-state index in [1.54, 1.807) is 17.0 Å². The van der Waals surface area contributed by atoms with Crippen LogP contribution in [0, 0.1) is 0 Å². The summed E-state index contributed by atoms with van der Waals surface area (Å²) in [4.78, 5) is 22.1. The van der Waals surface area contributed by atoms with Crippen LogP contribution in [0.2, 0.25) is 5.02 Å².